The van der Waals surface area contributed by atoms with Crippen LogP contribution in [0.1, 0.15) is 32.1 Å². The topological polar surface area (TPSA) is 17.1 Å². The van der Waals surface area contributed by atoms with Gasteiger partial charge in [-0.1, -0.05) is 0 Å². The Bertz CT molecular complexity index is 496. The average molecular weight is 325 g/mol. The van der Waals surface area contributed by atoms with Crippen molar-refractivity contribution in [1.29, 1.82) is 0 Å². The van der Waals surface area contributed by atoms with Crippen LogP contribution in [-0.2, 0) is 4.79 Å². The van der Waals surface area contributed by atoms with Gasteiger partial charge in [-0.15, -0.1) is 0 Å². The molecule has 1 aliphatic heterocycles. The number of rotatable bonds is 1. The first-order valence-corrected chi connectivity index (χ1v) is 11.1. The van der Waals surface area contributed by atoms with Crippen molar-refractivity contribution in [2.24, 2.45) is 5.92 Å². The molecule has 3 unspecified atom stereocenters. The molecular formula is C15H19OPSe. The summed E-state index contributed by atoms with van der Waals surface area (Å²) in [7, 11) is 0. The first-order valence-electron chi connectivity index (χ1n) is 6.89. The van der Waals surface area contributed by atoms with Crippen LogP contribution >= 0.6 is 5.51 Å². The molecule has 0 bridgehead atoms. The first kappa shape index (κ1) is 12.9. The number of Topliss-reactive ketones (excluding diaryl/α,β-unsaturated/α-hetero) is 1. The zero-order chi connectivity index (χ0) is 12.6. The molecule has 2 aliphatic rings. The van der Waals surface area contributed by atoms with Gasteiger partial charge in [-0.25, -0.2) is 0 Å². The van der Waals surface area contributed by atoms with E-state index in [0.717, 1.165) is 19.0 Å². The van der Waals surface area contributed by atoms with Crippen molar-refractivity contribution >= 4 is 31.7 Å². The van der Waals surface area contributed by atoms with Crippen LogP contribution in [0.2, 0.25) is 0 Å². The average Bonchev–Trinajstić information content (AvgIpc) is 2.44. The summed E-state index contributed by atoms with van der Waals surface area (Å²) in [5.74, 6) is 0.906. The maximum atomic E-state index is 12.2. The zero-order valence-electron chi connectivity index (χ0n) is 10.5. The molecule has 1 aliphatic carbocycles. The molecule has 2 fully saturated rings. The van der Waals surface area contributed by atoms with Crippen LogP contribution in [0.5, 0.6) is 0 Å². The van der Waals surface area contributed by atoms with Crippen LogP contribution in [0.15, 0.2) is 30.3 Å². The van der Waals surface area contributed by atoms with Gasteiger partial charge >= 0.3 is 117 Å². The van der Waals surface area contributed by atoms with Gasteiger partial charge < -0.3 is 0 Å². The van der Waals surface area contributed by atoms with Crippen LogP contribution in [0.25, 0.3) is 0 Å². The minimum atomic E-state index is -1.23. The zero-order valence-corrected chi connectivity index (χ0v) is 13.2. The summed E-state index contributed by atoms with van der Waals surface area (Å²) in [6, 6.07) is 10.9. The number of carbonyl (C=O) groups excluding carboxylic acids is 1. The Hall–Kier alpha value is -0.161. The molecule has 3 rings (SSSR count). The molecule has 0 aromatic heterocycles. The Kier molecular flexibility index (Phi) is 3.63. The Morgan fingerprint density at radius 1 is 1.11 bits per heavy atom. The molecule has 96 valence electrons. The number of hydrogen-bond acceptors (Lipinski definition) is 1. The van der Waals surface area contributed by atoms with Gasteiger partial charge in [0.05, 0.1) is 0 Å². The molecule has 0 radical (unpaired) electrons. The Morgan fingerprint density at radius 3 is 2.61 bits per heavy atom. The van der Waals surface area contributed by atoms with Crippen LogP contribution in [0.3, 0.4) is 0 Å². The van der Waals surface area contributed by atoms with E-state index < -0.39 is 5.51 Å². The van der Waals surface area contributed by atoms with Gasteiger partial charge in [0.2, 0.25) is 0 Å². The predicted octanol–water partition coefficient (Wildman–Crippen LogP) is 2.94. The normalized spacial score (nSPS) is 36.1. The van der Waals surface area contributed by atoms with E-state index in [1.165, 1.54) is 24.6 Å². The van der Waals surface area contributed by atoms with Crippen LogP contribution in [0, 0.1) is 5.92 Å². The van der Waals surface area contributed by atoms with Gasteiger partial charge in [0.25, 0.3) is 0 Å². The van der Waals surface area contributed by atoms with Crippen LogP contribution < -0.4 is 5.30 Å². The number of ketones is 1. The second-order valence-electron chi connectivity index (χ2n) is 5.53. The third-order valence-corrected chi connectivity index (χ3v) is 12.5. The molecule has 1 heterocycles. The van der Waals surface area contributed by atoms with Gasteiger partial charge in [0.15, 0.2) is 0 Å². The number of carbonyl (C=O) groups is 1. The molecule has 1 saturated carbocycles. The maximum absolute atomic E-state index is 12.2. The fourth-order valence-corrected chi connectivity index (χ4v) is 10.2. The summed E-state index contributed by atoms with van der Waals surface area (Å²) in [5.41, 5.74) is -0.596. The summed E-state index contributed by atoms with van der Waals surface area (Å²) < 4.78 is 0. The minimum absolute atomic E-state index is 0.363. The van der Waals surface area contributed by atoms with Crippen LogP contribution in [-0.4, -0.2) is 32.7 Å². The number of hydrogen-bond donors (Lipinski definition) is 0. The Labute approximate surface area is 117 Å². The second kappa shape index (κ2) is 5.08. The first-order chi connectivity index (χ1) is 8.72. The fraction of sp³-hybridized carbons (Fsp3) is 0.533. The summed E-state index contributed by atoms with van der Waals surface area (Å²) in [6.07, 6.45) is 6.85. The van der Waals surface area contributed by atoms with Crippen molar-refractivity contribution in [3.63, 3.8) is 0 Å². The number of benzene rings is 1. The Morgan fingerprint density at radius 2 is 1.83 bits per heavy atom. The van der Waals surface area contributed by atoms with E-state index in [4.69, 9.17) is 0 Å². The van der Waals surface area contributed by atoms with Crippen molar-refractivity contribution in [3.8, 4) is 0 Å². The van der Waals surface area contributed by atoms with Gasteiger partial charge in [0, 0.05) is 0 Å². The third kappa shape index (κ3) is 2.09. The quantitative estimate of drug-likeness (QED) is 0.573. The van der Waals surface area contributed by atoms with Gasteiger partial charge in [-0.05, 0) is 0 Å². The van der Waals surface area contributed by atoms with E-state index in [1.54, 1.807) is 0 Å². The van der Waals surface area contributed by atoms with Gasteiger partial charge in [0.1, 0.15) is 0 Å². The fourth-order valence-electron chi connectivity index (χ4n) is 3.61. The summed E-state index contributed by atoms with van der Waals surface area (Å²) in [5, 5.41) is 1.49. The Balaban J connectivity index is 2.01. The van der Waals surface area contributed by atoms with E-state index in [9.17, 15) is 4.79 Å². The molecule has 3 heteroatoms. The molecule has 0 amide bonds. The second-order valence-corrected chi connectivity index (χ2v) is 12.8. The van der Waals surface area contributed by atoms with Crippen molar-refractivity contribution < 1.29 is 4.79 Å². The molecule has 0 N–H and O–H groups in total. The molecule has 3 atom stereocenters. The van der Waals surface area contributed by atoms with Gasteiger partial charge in [-0.2, -0.15) is 0 Å². The van der Waals surface area contributed by atoms with E-state index >= 15 is 0 Å². The predicted molar refractivity (Wildman–Crippen MR) is 79.0 cm³/mol. The SMILES string of the molecule is O=C1CCP(=[Se])(c2ccccc2)C2CCCCC12. The van der Waals surface area contributed by atoms with E-state index in [1.807, 2.05) is 0 Å². The molecule has 18 heavy (non-hydrogen) atoms. The van der Waals surface area contributed by atoms with E-state index in [2.05, 4.69) is 45.4 Å². The van der Waals surface area contributed by atoms with Crippen molar-refractivity contribution in [2.45, 2.75) is 37.8 Å². The standard InChI is InChI=1S/C15H19OPSe/c16-14-10-11-17(18,12-6-2-1-3-7-12)15-9-5-4-8-13(14)15/h1-3,6-7,13,15H,4-5,8-11H2. The molecule has 1 saturated heterocycles. The van der Waals surface area contributed by atoms with Gasteiger partial charge in [-0.3, -0.25) is 0 Å². The van der Waals surface area contributed by atoms with E-state index in [0.29, 0.717) is 17.4 Å². The third-order valence-electron chi connectivity index (χ3n) is 4.56. The molecule has 1 aromatic carbocycles. The van der Waals surface area contributed by atoms with Crippen molar-refractivity contribution in [2.75, 3.05) is 6.16 Å². The number of fused-ring (bicyclic) bond motifs is 1. The summed E-state index contributed by atoms with van der Waals surface area (Å²) in [6.45, 7) is 0. The molecular weight excluding hydrogens is 306 g/mol. The molecule has 1 aromatic rings. The molecule has 0 spiro atoms. The summed E-state index contributed by atoms with van der Waals surface area (Å²) >= 11 is 3.59. The van der Waals surface area contributed by atoms with E-state index in [-0.39, 0.29) is 0 Å². The van der Waals surface area contributed by atoms with Crippen LogP contribution in [0.4, 0.5) is 0 Å². The van der Waals surface area contributed by atoms with Crippen molar-refractivity contribution in [3.05, 3.63) is 30.3 Å². The van der Waals surface area contributed by atoms with Crippen molar-refractivity contribution in [1.82, 2.24) is 0 Å². The summed E-state index contributed by atoms with van der Waals surface area (Å²) in [4.78, 5) is 12.2. The monoisotopic (exact) mass is 326 g/mol. The molecule has 1 nitrogen and oxygen atoms in total.